The average Bonchev–Trinajstić information content (AvgIpc) is 2.42. The first kappa shape index (κ1) is 14.2. The standard InChI is InChI=1S/C13H8ClF2NO3/c14-7-8-5-10(17(18)19)2-4-12(8)20-13-3-1-9(15)6-11(13)16/h1-6H,7H2. The van der Waals surface area contributed by atoms with Gasteiger partial charge in [0, 0.05) is 23.8 Å². The Labute approximate surface area is 117 Å². The molecule has 0 aromatic heterocycles. The summed E-state index contributed by atoms with van der Waals surface area (Å²) in [6.45, 7) is 0. The van der Waals surface area contributed by atoms with Gasteiger partial charge in [0.2, 0.25) is 0 Å². The van der Waals surface area contributed by atoms with Gasteiger partial charge in [-0.05, 0) is 18.2 Å². The van der Waals surface area contributed by atoms with Crippen LogP contribution in [0.15, 0.2) is 36.4 Å². The highest BCUT2D eigenvalue weighted by Gasteiger charge is 2.13. The number of halogens is 3. The summed E-state index contributed by atoms with van der Waals surface area (Å²) in [7, 11) is 0. The Morgan fingerprint density at radius 2 is 1.85 bits per heavy atom. The van der Waals surface area contributed by atoms with Crippen LogP contribution in [0.2, 0.25) is 0 Å². The van der Waals surface area contributed by atoms with Crippen LogP contribution < -0.4 is 4.74 Å². The second kappa shape index (κ2) is 5.83. The minimum atomic E-state index is -0.871. The van der Waals surface area contributed by atoms with E-state index in [4.69, 9.17) is 16.3 Å². The number of nitro benzene ring substituents is 1. The van der Waals surface area contributed by atoms with E-state index in [1.54, 1.807) is 0 Å². The summed E-state index contributed by atoms with van der Waals surface area (Å²) in [5, 5.41) is 10.7. The molecule has 0 bridgehead atoms. The minimum absolute atomic E-state index is 0.0418. The van der Waals surface area contributed by atoms with E-state index >= 15 is 0 Å². The van der Waals surface area contributed by atoms with Crippen molar-refractivity contribution in [3.63, 3.8) is 0 Å². The van der Waals surface area contributed by atoms with Crippen molar-refractivity contribution in [3.8, 4) is 11.5 Å². The van der Waals surface area contributed by atoms with E-state index < -0.39 is 16.6 Å². The highest BCUT2D eigenvalue weighted by molar-refractivity contribution is 6.17. The molecule has 0 N–H and O–H groups in total. The fraction of sp³-hybridized carbons (Fsp3) is 0.0769. The van der Waals surface area contributed by atoms with Crippen LogP contribution in [0.25, 0.3) is 0 Å². The lowest BCUT2D eigenvalue weighted by molar-refractivity contribution is -0.384. The largest absolute Gasteiger partial charge is 0.454 e. The summed E-state index contributed by atoms with van der Waals surface area (Å²) in [5.74, 6) is -1.65. The molecule has 0 aliphatic rings. The minimum Gasteiger partial charge on any atom is -0.454 e. The molecule has 0 saturated heterocycles. The Hall–Kier alpha value is -2.21. The van der Waals surface area contributed by atoms with Crippen molar-refractivity contribution in [1.82, 2.24) is 0 Å². The smallest absolute Gasteiger partial charge is 0.270 e. The van der Waals surface area contributed by atoms with Crippen LogP contribution in [0.4, 0.5) is 14.5 Å². The number of rotatable bonds is 4. The van der Waals surface area contributed by atoms with Crippen LogP contribution in [0.5, 0.6) is 11.5 Å². The van der Waals surface area contributed by atoms with Gasteiger partial charge in [-0.3, -0.25) is 10.1 Å². The highest BCUT2D eigenvalue weighted by atomic mass is 35.5. The number of hydrogen-bond donors (Lipinski definition) is 0. The number of nitrogens with zero attached hydrogens (tertiary/aromatic N) is 1. The summed E-state index contributed by atoms with van der Waals surface area (Å²) in [6.07, 6.45) is 0. The van der Waals surface area contributed by atoms with E-state index in [2.05, 4.69) is 0 Å². The zero-order chi connectivity index (χ0) is 14.7. The monoisotopic (exact) mass is 299 g/mol. The van der Waals surface area contributed by atoms with Gasteiger partial charge < -0.3 is 4.74 Å². The number of ether oxygens (including phenoxy) is 1. The van der Waals surface area contributed by atoms with E-state index in [1.807, 2.05) is 0 Å². The SMILES string of the molecule is O=[N+]([O-])c1ccc(Oc2ccc(F)cc2F)c(CCl)c1. The van der Waals surface area contributed by atoms with Crippen molar-refractivity contribution in [2.45, 2.75) is 5.88 Å². The van der Waals surface area contributed by atoms with Gasteiger partial charge in [-0.15, -0.1) is 11.6 Å². The molecule has 20 heavy (non-hydrogen) atoms. The molecule has 2 aromatic rings. The topological polar surface area (TPSA) is 52.4 Å². The first-order valence-electron chi connectivity index (χ1n) is 5.47. The maximum atomic E-state index is 13.5. The molecule has 0 unspecified atom stereocenters. The van der Waals surface area contributed by atoms with Gasteiger partial charge in [0.15, 0.2) is 11.6 Å². The first-order chi connectivity index (χ1) is 9.51. The average molecular weight is 300 g/mol. The molecule has 0 heterocycles. The van der Waals surface area contributed by atoms with Gasteiger partial charge >= 0.3 is 0 Å². The number of hydrogen-bond acceptors (Lipinski definition) is 3. The van der Waals surface area contributed by atoms with Crippen molar-refractivity contribution in [3.05, 3.63) is 63.7 Å². The molecular formula is C13H8ClF2NO3. The number of non-ortho nitro benzene ring substituents is 1. The number of nitro groups is 1. The lowest BCUT2D eigenvalue weighted by atomic mass is 10.2. The molecule has 104 valence electrons. The van der Waals surface area contributed by atoms with Gasteiger partial charge in [0.1, 0.15) is 11.6 Å². The molecule has 0 atom stereocenters. The van der Waals surface area contributed by atoms with Gasteiger partial charge in [-0.2, -0.15) is 0 Å². The van der Waals surface area contributed by atoms with E-state index in [0.29, 0.717) is 11.6 Å². The van der Waals surface area contributed by atoms with Gasteiger partial charge in [-0.1, -0.05) is 0 Å². The molecule has 0 aliphatic carbocycles. The Bertz CT molecular complexity index is 664. The molecule has 0 radical (unpaired) electrons. The normalized spacial score (nSPS) is 10.3. The Kier molecular flexibility index (Phi) is 4.14. The Balaban J connectivity index is 2.35. The van der Waals surface area contributed by atoms with Gasteiger partial charge in [-0.25, -0.2) is 8.78 Å². The third-order valence-electron chi connectivity index (χ3n) is 2.51. The van der Waals surface area contributed by atoms with Crippen LogP contribution in [-0.4, -0.2) is 4.92 Å². The van der Waals surface area contributed by atoms with E-state index in [-0.39, 0.29) is 23.1 Å². The molecule has 2 aromatic carbocycles. The number of benzene rings is 2. The molecule has 0 spiro atoms. The second-order valence-corrected chi connectivity index (χ2v) is 4.13. The predicted octanol–water partition coefficient (Wildman–Crippen LogP) is 4.40. The zero-order valence-electron chi connectivity index (χ0n) is 9.98. The van der Waals surface area contributed by atoms with Crippen LogP contribution >= 0.6 is 11.6 Å². The van der Waals surface area contributed by atoms with Crippen molar-refractivity contribution in [2.75, 3.05) is 0 Å². The summed E-state index contributed by atoms with van der Waals surface area (Å²) >= 11 is 5.68. The van der Waals surface area contributed by atoms with Gasteiger partial charge in [0.05, 0.1) is 10.8 Å². The van der Waals surface area contributed by atoms with Crippen LogP contribution in [0.1, 0.15) is 5.56 Å². The molecule has 4 nitrogen and oxygen atoms in total. The molecule has 7 heteroatoms. The van der Waals surface area contributed by atoms with Crippen molar-refractivity contribution in [1.29, 1.82) is 0 Å². The van der Waals surface area contributed by atoms with Crippen LogP contribution in [0, 0.1) is 21.7 Å². The third-order valence-corrected chi connectivity index (χ3v) is 2.80. The van der Waals surface area contributed by atoms with Crippen molar-refractivity contribution >= 4 is 17.3 Å². The fourth-order valence-electron chi connectivity index (χ4n) is 1.56. The predicted molar refractivity (Wildman–Crippen MR) is 69.1 cm³/mol. The molecule has 0 saturated carbocycles. The summed E-state index contributed by atoms with van der Waals surface area (Å²) in [5.41, 5.74) is 0.192. The van der Waals surface area contributed by atoms with Crippen LogP contribution in [0.3, 0.4) is 0 Å². The van der Waals surface area contributed by atoms with E-state index in [1.165, 1.54) is 18.2 Å². The van der Waals surface area contributed by atoms with Crippen molar-refractivity contribution < 1.29 is 18.4 Å². The molecule has 0 amide bonds. The van der Waals surface area contributed by atoms with E-state index in [9.17, 15) is 18.9 Å². The maximum absolute atomic E-state index is 13.5. The highest BCUT2D eigenvalue weighted by Crippen LogP contribution is 2.31. The van der Waals surface area contributed by atoms with Crippen LogP contribution in [-0.2, 0) is 5.88 Å². The van der Waals surface area contributed by atoms with E-state index in [0.717, 1.165) is 12.1 Å². The third kappa shape index (κ3) is 3.03. The molecule has 2 rings (SSSR count). The summed E-state index contributed by atoms with van der Waals surface area (Å²) in [6, 6.07) is 6.63. The quantitative estimate of drug-likeness (QED) is 0.477. The number of alkyl halides is 1. The molecule has 0 aliphatic heterocycles. The Morgan fingerprint density at radius 3 is 2.45 bits per heavy atom. The lowest BCUT2D eigenvalue weighted by Crippen LogP contribution is -1.95. The fourth-order valence-corrected chi connectivity index (χ4v) is 1.77. The molecular weight excluding hydrogens is 292 g/mol. The van der Waals surface area contributed by atoms with Gasteiger partial charge in [0.25, 0.3) is 5.69 Å². The molecule has 0 fully saturated rings. The second-order valence-electron chi connectivity index (χ2n) is 3.86. The maximum Gasteiger partial charge on any atom is 0.270 e. The summed E-state index contributed by atoms with van der Waals surface area (Å²) in [4.78, 5) is 10.1. The zero-order valence-corrected chi connectivity index (χ0v) is 10.7. The Morgan fingerprint density at radius 1 is 1.15 bits per heavy atom. The summed E-state index contributed by atoms with van der Waals surface area (Å²) < 4.78 is 31.5. The lowest BCUT2D eigenvalue weighted by Gasteiger charge is -2.10. The first-order valence-corrected chi connectivity index (χ1v) is 6.01. The van der Waals surface area contributed by atoms with Crippen molar-refractivity contribution in [2.24, 2.45) is 0 Å².